The highest BCUT2D eigenvalue weighted by atomic mass is 35.5. The van der Waals surface area contributed by atoms with Crippen molar-refractivity contribution in [2.75, 3.05) is 19.5 Å². The second kappa shape index (κ2) is 7.16. The van der Waals surface area contributed by atoms with Crippen molar-refractivity contribution in [3.8, 4) is 11.5 Å². The van der Waals surface area contributed by atoms with Crippen LogP contribution in [0.25, 0.3) is 0 Å². The van der Waals surface area contributed by atoms with Gasteiger partial charge < -0.3 is 10.2 Å². The van der Waals surface area contributed by atoms with E-state index in [-0.39, 0.29) is 27.9 Å². The number of nitrogens with zero attached hydrogens (tertiary/aromatic N) is 2. The molecule has 134 valence electrons. The van der Waals surface area contributed by atoms with Gasteiger partial charge in [0.15, 0.2) is 0 Å². The predicted molar refractivity (Wildman–Crippen MR) is 86.9 cm³/mol. The van der Waals surface area contributed by atoms with Crippen molar-refractivity contribution in [1.29, 1.82) is 0 Å². The van der Waals surface area contributed by atoms with E-state index < -0.39 is 16.7 Å². The molecule has 0 amide bonds. The van der Waals surface area contributed by atoms with Gasteiger partial charge >= 0.3 is 6.18 Å². The molecule has 0 aromatic heterocycles. The third kappa shape index (κ3) is 4.74. The Bertz CT molecular complexity index is 797. The number of nitro benzene ring substituents is 1. The average molecular weight is 376 g/mol. The van der Waals surface area contributed by atoms with Crippen molar-refractivity contribution in [1.82, 2.24) is 5.01 Å². The fourth-order valence-corrected chi connectivity index (χ4v) is 2.17. The third-order valence-corrected chi connectivity index (χ3v) is 3.29. The number of hydrogen-bond acceptors (Lipinski definition) is 5. The fraction of sp³-hybridized carbons (Fsp3) is 0.200. The number of benzene rings is 2. The van der Waals surface area contributed by atoms with Gasteiger partial charge in [0.1, 0.15) is 17.2 Å². The molecule has 0 spiro atoms. The van der Waals surface area contributed by atoms with Crippen LogP contribution >= 0.6 is 11.6 Å². The molecule has 0 saturated carbocycles. The largest absolute Gasteiger partial charge is 0.456 e. The van der Waals surface area contributed by atoms with Crippen LogP contribution in [0.3, 0.4) is 0 Å². The number of rotatable bonds is 5. The molecular formula is C15H13ClF3N3O3. The normalized spacial score (nSPS) is 11.5. The van der Waals surface area contributed by atoms with Crippen molar-refractivity contribution in [3.63, 3.8) is 0 Å². The van der Waals surface area contributed by atoms with Crippen molar-refractivity contribution in [2.24, 2.45) is 0 Å². The van der Waals surface area contributed by atoms with Crippen LogP contribution in [0.15, 0.2) is 36.4 Å². The summed E-state index contributed by atoms with van der Waals surface area (Å²) in [5.41, 5.74) is 1.84. The molecule has 25 heavy (non-hydrogen) atoms. The second-order valence-electron chi connectivity index (χ2n) is 5.19. The van der Waals surface area contributed by atoms with E-state index in [4.69, 9.17) is 16.3 Å². The van der Waals surface area contributed by atoms with Crippen molar-refractivity contribution in [2.45, 2.75) is 6.18 Å². The summed E-state index contributed by atoms with van der Waals surface area (Å²) >= 11 is 5.83. The number of halogens is 4. The summed E-state index contributed by atoms with van der Waals surface area (Å²) in [4.78, 5) is 10.5. The van der Waals surface area contributed by atoms with Gasteiger partial charge in [0.2, 0.25) is 0 Å². The smallest absolute Gasteiger partial charge is 0.416 e. The summed E-state index contributed by atoms with van der Waals surface area (Å²) in [6.07, 6.45) is -4.52. The molecular weight excluding hydrogens is 363 g/mol. The molecule has 0 fully saturated rings. The topological polar surface area (TPSA) is 67.6 Å². The Labute approximate surface area is 145 Å². The summed E-state index contributed by atoms with van der Waals surface area (Å²) in [6.45, 7) is 0. The standard InChI is InChI=1S/C15H13ClF3N3O3/c1-21(2)20-12-8-10(4-5-13(12)22(23)24)25-14-6-3-9(7-11(14)16)15(17,18)19/h3-8,20H,1-2H3. The van der Waals surface area contributed by atoms with E-state index in [1.807, 2.05) is 0 Å². The number of hydrogen-bond donors (Lipinski definition) is 1. The predicted octanol–water partition coefficient (Wildman–Crippen LogP) is 4.95. The van der Waals surface area contributed by atoms with Gasteiger partial charge in [-0.25, -0.2) is 5.01 Å². The number of nitro groups is 1. The molecule has 0 atom stereocenters. The Morgan fingerprint density at radius 1 is 1.20 bits per heavy atom. The Balaban J connectivity index is 2.33. The van der Waals surface area contributed by atoms with Crippen LogP contribution < -0.4 is 10.2 Å². The molecule has 0 aliphatic heterocycles. The first-order chi connectivity index (χ1) is 11.6. The van der Waals surface area contributed by atoms with Gasteiger partial charge in [-0.05, 0) is 24.3 Å². The van der Waals surface area contributed by atoms with E-state index in [0.29, 0.717) is 0 Å². The first-order valence-electron chi connectivity index (χ1n) is 6.85. The lowest BCUT2D eigenvalue weighted by Crippen LogP contribution is -2.20. The highest BCUT2D eigenvalue weighted by molar-refractivity contribution is 6.32. The molecule has 1 N–H and O–H groups in total. The molecule has 2 rings (SSSR count). The van der Waals surface area contributed by atoms with E-state index >= 15 is 0 Å². The minimum atomic E-state index is -4.52. The van der Waals surface area contributed by atoms with Gasteiger partial charge in [-0.2, -0.15) is 13.2 Å². The molecule has 0 unspecified atom stereocenters. The summed E-state index contributed by atoms with van der Waals surface area (Å²) < 4.78 is 43.4. The first-order valence-corrected chi connectivity index (χ1v) is 7.22. The van der Waals surface area contributed by atoms with E-state index in [1.165, 1.54) is 23.2 Å². The number of anilines is 1. The van der Waals surface area contributed by atoms with E-state index in [0.717, 1.165) is 18.2 Å². The number of hydrazine groups is 1. The Hall–Kier alpha value is -2.52. The molecule has 10 heteroatoms. The van der Waals surface area contributed by atoms with Crippen LogP contribution in [0, 0.1) is 10.1 Å². The van der Waals surface area contributed by atoms with Crippen LogP contribution in [0.2, 0.25) is 5.02 Å². The zero-order valence-corrected chi connectivity index (χ0v) is 13.9. The third-order valence-electron chi connectivity index (χ3n) is 3.00. The van der Waals surface area contributed by atoms with E-state index in [9.17, 15) is 23.3 Å². The summed E-state index contributed by atoms with van der Waals surface area (Å²) in [6, 6.07) is 6.58. The first kappa shape index (κ1) is 18.8. The molecule has 2 aromatic carbocycles. The van der Waals surface area contributed by atoms with Gasteiger partial charge in [0, 0.05) is 26.2 Å². The Kier molecular flexibility index (Phi) is 5.39. The highest BCUT2D eigenvalue weighted by Crippen LogP contribution is 2.37. The second-order valence-corrected chi connectivity index (χ2v) is 5.59. The molecule has 0 bridgehead atoms. The summed E-state index contributed by atoms with van der Waals surface area (Å²) in [5.74, 6) is 0.177. The van der Waals surface area contributed by atoms with Gasteiger partial charge in [-0.3, -0.25) is 10.1 Å². The molecule has 0 aliphatic carbocycles. The summed E-state index contributed by atoms with van der Waals surface area (Å²) in [5, 5.41) is 12.3. The van der Waals surface area contributed by atoms with E-state index in [1.54, 1.807) is 14.1 Å². The number of ether oxygens (including phenoxy) is 1. The highest BCUT2D eigenvalue weighted by Gasteiger charge is 2.31. The molecule has 0 saturated heterocycles. The van der Waals surface area contributed by atoms with Crippen LogP contribution in [0.4, 0.5) is 24.5 Å². The zero-order valence-electron chi connectivity index (χ0n) is 13.1. The van der Waals surface area contributed by atoms with Gasteiger partial charge in [0.05, 0.1) is 15.5 Å². The SMILES string of the molecule is CN(C)Nc1cc(Oc2ccc(C(F)(F)F)cc2Cl)ccc1[N+](=O)[O-]. The minimum absolute atomic E-state index is 0.000627. The molecule has 0 aliphatic rings. The van der Waals surface area contributed by atoms with Crippen LogP contribution in [0.1, 0.15) is 5.56 Å². The monoisotopic (exact) mass is 375 g/mol. The van der Waals surface area contributed by atoms with Gasteiger partial charge in [0.25, 0.3) is 5.69 Å². The maximum Gasteiger partial charge on any atom is 0.416 e. The lowest BCUT2D eigenvalue weighted by atomic mass is 10.2. The maximum absolute atomic E-state index is 12.6. The van der Waals surface area contributed by atoms with E-state index in [2.05, 4.69) is 5.43 Å². The lowest BCUT2D eigenvalue weighted by molar-refractivity contribution is -0.384. The lowest BCUT2D eigenvalue weighted by Gasteiger charge is -2.15. The molecule has 6 nitrogen and oxygen atoms in total. The van der Waals surface area contributed by atoms with Crippen molar-refractivity contribution in [3.05, 3.63) is 57.1 Å². The maximum atomic E-state index is 12.6. The van der Waals surface area contributed by atoms with Crippen LogP contribution in [-0.4, -0.2) is 24.0 Å². The molecule has 2 aromatic rings. The Morgan fingerprint density at radius 2 is 1.88 bits per heavy atom. The molecule has 0 radical (unpaired) electrons. The van der Waals surface area contributed by atoms with Crippen LogP contribution in [0.5, 0.6) is 11.5 Å². The van der Waals surface area contributed by atoms with Crippen molar-refractivity contribution >= 4 is 23.0 Å². The minimum Gasteiger partial charge on any atom is -0.456 e. The van der Waals surface area contributed by atoms with Gasteiger partial charge in [-0.1, -0.05) is 11.6 Å². The van der Waals surface area contributed by atoms with Crippen molar-refractivity contribution < 1.29 is 22.8 Å². The average Bonchev–Trinajstić information content (AvgIpc) is 2.47. The summed E-state index contributed by atoms with van der Waals surface area (Å²) in [7, 11) is 3.29. The number of nitrogens with one attached hydrogen (secondary N) is 1. The number of alkyl halides is 3. The molecule has 0 heterocycles. The van der Waals surface area contributed by atoms with Crippen LogP contribution in [-0.2, 0) is 6.18 Å². The fourth-order valence-electron chi connectivity index (χ4n) is 1.96. The quantitative estimate of drug-likeness (QED) is 0.591. The Morgan fingerprint density at radius 3 is 2.40 bits per heavy atom. The zero-order chi connectivity index (χ0) is 18.8. The van der Waals surface area contributed by atoms with Gasteiger partial charge in [-0.15, -0.1) is 0 Å².